The number of thioether (sulfide) groups is 1. The number of fused-ring (bicyclic) bond motifs is 1. The van der Waals surface area contributed by atoms with Crippen molar-refractivity contribution in [3.63, 3.8) is 0 Å². The molecule has 0 bridgehead atoms. The van der Waals surface area contributed by atoms with Crippen molar-refractivity contribution in [1.29, 1.82) is 0 Å². The van der Waals surface area contributed by atoms with Crippen LogP contribution in [0.5, 0.6) is 0 Å². The van der Waals surface area contributed by atoms with Crippen molar-refractivity contribution in [3.05, 3.63) is 30.0 Å². The molecule has 2 rings (SSSR count). The zero-order chi connectivity index (χ0) is 11.0. The first-order chi connectivity index (χ1) is 7.13. The lowest BCUT2D eigenvalue weighted by Crippen LogP contribution is -2.00. The molecule has 0 amide bonds. The summed E-state index contributed by atoms with van der Waals surface area (Å²) in [5, 5.41) is 1.13. The van der Waals surface area contributed by atoms with Gasteiger partial charge in [-0.05, 0) is 24.5 Å². The molecule has 0 unspecified atom stereocenters. The highest BCUT2D eigenvalue weighted by Gasteiger charge is 2.09. The van der Waals surface area contributed by atoms with Gasteiger partial charge in [-0.15, -0.1) is 11.8 Å². The van der Waals surface area contributed by atoms with Crippen molar-refractivity contribution in [2.75, 3.05) is 6.26 Å². The summed E-state index contributed by atoms with van der Waals surface area (Å²) in [6.45, 7) is 1.60. The molecule has 0 N–H and O–H groups in total. The average molecular weight is 219 g/mol. The van der Waals surface area contributed by atoms with Gasteiger partial charge in [0, 0.05) is 29.8 Å². The van der Waals surface area contributed by atoms with E-state index in [1.165, 1.54) is 4.90 Å². The number of aromatic nitrogens is 1. The molecular weight excluding hydrogens is 206 g/mol. The van der Waals surface area contributed by atoms with Crippen LogP contribution in [0.1, 0.15) is 17.4 Å². The molecule has 0 atom stereocenters. The number of rotatable bonds is 2. The number of Topliss-reactive ketones (excluding diaryl/α,β-unsaturated/α-hetero) is 1. The van der Waals surface area contributed by atoms with Crippen LogP contribution in [0.2, 0.25) is 0 Å². The van der Waals surface area contributed by atoms with Gasteiger partial charge in [0.15, 0.2) is 5.78 Å². The van der Waals surface area contributed by atoms with Crippen molar-refractivity contribution in [1.82, 2.24) is 4.57 Å². The van der Waals surface area contributed by atoms with Crippen LogP contribution in [0.3, 0.4) is 0 Å². The zero-order valence-corrected chi connectivity index (χ0v) is 9.89. The molecule has 1 aromatic carbocycles. The molecular formula is C12H13NOS. The first-order valence-corrected chi connectivity index (χ1v) is 6.00. The van der Waals surface area contributed by atoms with Crippen LogP contribution in [0.15, 0.2) is 29.2 Å². The van der Waals surface area contributed by atoms with Crippen LogP contribution in [0, 0.1) is 0 Å². The molecule has 1 heterocycles. The predicted octanol–water partition coefficient (Wildman–Crippen LogP) is 3.10. The standard InChI is InChI=1S/C12H13NOS/c1-8(14)11-6-9-4-5-10(15-3)7-12(9)13(11)2/h4-7H,1-3H3. The molecule has 2 nitrogen and oxygen atoms in total. The van der Waals surface area contributed by atoms with E-state index >= 15 is 0 Å². The fourth-order valence-corrected chi connectivity index (χ4v) is 2.21. The molecule has 1 aromatic heterocycles. The van der Waals surface area contributed by atoms with E-state index in [1.54, 1.807) is 18.7 Å². The van der Waals surface area contributed by atoms with E-state index in [-0.39, 0.29) is 5.78 Å². The Labute approximate surface area is 93.3 Å². The van der Waals surface area contributed by atoms with Crippen LogP contribution in [-0.4, -0.2) is 16.6 Å². The van der Waals surface area contributed by atoms with Gasteiger partial charge in [0.2, 0.25) is 0 Å². The fourth-order valence-electron chi connectivity index (χ4n) is 1.77. The normalized spacial score (nSPS) is 10.9. The third kappa shape index (κ3) is 1.67. The Kier molecular flexibility index (Phi) is 2.57. The Morgan fingerprint density at radius 1 is 1.33 bits per heavy atom. The van der Waals surface area contributed by atoms with E-state index in [9.17, 15) is 4.79 Å². The number of ketones is 1. The molecule has 0 saturated carbocycles. The van der Waals surface area contributed by atoms with Crippen molar-refractivity contribution in [3.8, 4) is 0 Å². The number of hydrogen-bond donors (Lipinski definition) is 0. The minimum atomic E-state index is 0.111. The van der Waals surface area contributed by atoms with E-state index < -0.39 is 0 Å². The Balaban J connectivity index is 2.72. The number of hydrogen-bond acceptors (Lipinski definition) is 2. The lowest BCUT2D eigenvalue weighted by molar-refractivity contribution is 0.101. The largest absolute Gasteiger partial charge is 0.341 e. The Morgan fingerprint density at radius 2 is 2.07 bits per heavy atom. The van der Waals surface area contributed by atoms with Gasteiger partial charge in [-0.25, -0.2) is 0 Å². The van der Waals surface area contributed by atoms with Gasteiger partial charge in [-0.1, -0.05) is 6.07 Å². The Hall–Kier alpha value is -1.22. The van der Waals surface area contributed by atoms with Crippen molar-refractivity contribution in [2.45, 2.75) is 11.8 Å². The molecule has 0 saturated heterocycles. The van der Waals surface area contributed by atoms with Gasteiger partial charge in [-0.2, -0.15) is 0 Å². The van der Waals surface area contributed by atoms with Crippen molar-refractivity contribution >= 4 is 28.4 Å². The summed E-state index contributed by atoms with van der Waals surface area (Å²) < 4.78 is 1.96. The lowest BCUT2D eigenvalue weighted by atomic mass is 10.2. The molecule has 15 heavy (non-hydrogen) atoms. The molecule has 0 fully saturated rings. The highest BCUT2D eigenvalue weighted by atomic mass is 32.2. The Morgan fingerprint density at radius 3 is 2.67 bits per heavy atom. The third-order valence-electron chi connectivity index (χ3n) is 2.61. The van der Waals surface area contributed by atoms with E-state index in [2.05, 4.69) is 24.5 Å². The maximum atomic E-state index is 11.4. The molecule has 0 spiro atoms. The van der Waals surface area contributed by atoms with Crippen molar-refractivity contribution < 1.29 is 4.79 Å². The molecule has 78 valence electrons. The SMILES string of the molecule is CSc1ccc2cc(C(C)=O)n(C)c2c1. The number of nitrogens with zero attached hydrogens (tertiary/aromatic N) is 1. The van der Waals surface area contributed by atoms with Gasteiger partial charge < -0.3 is 4.57 Å². The maximum Gasteiger partial charge on any atom is 0.176 e. The fraction of sp³-hybridized carbons (Fsp3) is 0.250. The number of carbonyl (C=O) groups is 1. The molecule has 2 aromatic rings. The summed E-state index contributed by atoms with van der Waals surface area (Å²) in [4.78, 5) is 12.6. The quantitative estimate of drug-likeness (QED) is 0.572. The second-order valence-corrected chi connectivity index (χ2v) is 4.45. The molecule has 3 heteroatoms. The number of benzene rings is 1. The van der Waals surface area contributed by atoms with Gasteiger partial charge in [-0.3, -0.25) is 4.79 Å². The van der Waals surface area contributed by atoms with Gasteiger partial charge in [0.1, 0.15) is 0 Å². The van der Waals surface area contributed by atoms with E-state index in [1.807, 2.05) is 17.7 Å². The summed E-state index contributed by atoms with van der Waals surface area (Å²) >= 11 is 1.71. The highest BCUT2D eigenvalue weighted by Crippen LogP contribution is 2.24. The second-order valence-electron chi connectivity index (χ2n) is 3.57. The monoisotopic (exact) mass is 219 g/mol. The minimum Gasteiger partial charge on any atom is -0.341 e. The first-order valence-electron chi connectivity index (χ1n) is 4.78. The van der Waals surface area contributed by atoms with Crippen LogP contribution in [-0.2, 0) is 7.05 Å². The highest BCUT2D eigenvalue weighted by molar-refractivity contribution is 7.98. The minimum absolute atomic E-state index is 0.111. The summed E-state index contributed by atoms with van der Waals surface area (Å²) in [7, 11) is 1.93. The summed E-state index contributed by atoms with van der Waals surface area (Å²) in [5.41, 5.74) is 1.88. The van der Waals surface area contributed by atoms with E-state index in [0.717, 1.165) is 16.6 Å². The molecule has 0 radical (unpaired) electrons. The molecule has 0 aliphatic carbocycles. The molecule has 0 aliphatic heterocycles. The lowest BCUT2D eigenvalue weighted by Gasteiger charge is -2.01. The van der Waals surface area contributed by atoms with E-state index in [0.29, 0.717) is 0 Å². The zero-order valence-electron chi connectivity index (χ0n) is 9.07. The second kappa shape index (κ2) is 3.74. The van der Waals surface area contributed by atoms with Gasteiger partial charge in [0.05, 0.1) is 5.69 Å². The van der Waals surface area contributed by atoms with Gasteiger partial charge in [0.25, 0.3) is 0 Å². The summed E-state index contributed by atoms with van der Waals surface area (Å²) in [5.74, 6) is 0.111. The predicted molar refractivity (Wildman–Crippen MR) is 64.7 cm³/mol. The number of aryl methyl sites for hydroxylation is 1. The third-order valence-corrected chi connectivity index (χ3v) is 3.34. The summed E-state index contributed by atoms with van der Waals surface area (Å²) in [6.07, 6.45) is 2.05. The van der Waals surface area contributed by atoms with Crippen LogP contribution >= 0.6 is 11.8 Å². The van der Waals surface area contributed by atoms with Crippen LogP contribution < -0.4 is 0 Å². The molecule has 0 aliphatic rings. The van der Waals surface area contributed by atoms with Crippen LogP contribution in [0.4, 0.5) is 0 Å². The Bertz CT molecular complexity index is 528. The maximum absolute atomic E-state index is 11.4. The first kappa shape index (κ1) is 10.3. The van der Waals surface area contributed by atoms with Crippen LogP contribution in [0.25, 0.3) is 10.9 Å². The topological polar surface area (TPSA) is 22.0 Å². The smallest absolute Gasteiger partial charge is 0.176 e. The van der Waals surface area contributed by atoms with Gasteiger partial charge >= 0.3 is 0 Å². The number of carbonyl (C=O) groups excluding carboxylic acids is 1. The summed E-state index contributed by atoms with van der Waals surface area (Å²) in [6, 6.07) is 8.21. The van der Waals surface area contributed by atoms with Crippen molar-refractivity contribution in [2.24, 2.45) is 7.05 Å². The average Bonchev–Trinajstić information content (AvgIpc) is 2.56. The van der Waals surface area contributed by atoms with E-state index in [4.69, 9.17) is 0 Å².